The van der Waals surface area contributed by atoms with Crippen molar-refractivity contribution in [1.29, 1.82) is 0 Å². The first kappa shape index (κ1) is 20.3. The highest BCUT2D eigenvalue weighted by Gasteiger charge is 2.16. The maximum absolute atomic E-state index is 6.01. The van der Waals surface area contributed by atoms with E-state index in [-0.39, 0.29) is 0 Å². The third-order valence-corrected chi connectivity index (χ3v) is 4.29. The molecule has 0 saturated heterocycles. The van der Waals surface area contributed by atoms with E-state index in [1.807, 2.05) is 19.1 Å². The fraction of sp³-hybridized carbons (Fsp3) is 0.619. The predicted molar refractivity (Wildman–Crippen MR) is 104 cm³/mol. The van der Waals surface area contributed by atoms with Crippen molar-refractivity contribution in [2.75, 3.05) is 13.2 Å². The molecular weight excluding hydrogens is 328 g/mol. The summed E-state index contributed by atoms with van der Waals surface area (Å²) in [4.78, 5) is 0. The van der Waals surface area contributed by atoms with Crippen LogP contribution in [0.3, 0.4) is 0 Å². The van der Waals surface area contributed by atoms with Crippen LogP contribution >= 0.6 is 0 Å². The summed E-state index contributed by atoms with van der Waals surface area (Å²) in [5, 5.41) is 8.11. The van der Waals surface area contributed by atoms with Gasteiger partial charge < -0.3 is 13.9 Å². The second-order valence-corrected chi connectivity index (χ2v) is 6.70. The second kappa shape index (κ2) is 10.8. The van der Waals surface area contributed by atoms with E-state index in [0.29, 0.717) is 18.4 Å². The fourth-order valence-electron chi connectivity index (χ4n) is 2.75. The molecule has 0 aliphatic carbocycles. The summed E-state index contributed by atoms with van der Waals surface area (Å²) in [6.45, 7) is 9.64. The van der Waals surface area contributed by atoms with Crippen molar-refractivity contribution in [3.63, 3.8) is 0 Å². The summed E-state index contributed by atoms with van der Waals surface area (Å²) in [5.74, 6) is 2.65. The molecule has 0 saturated carbocycles. The summed E-state index contributed by atoms with van der Waals surface area (Å²) in [7, 11) is 0. The number of hydrogen-bond acceptors (Lipinski definition) is 5. The lowest BCUT2D eigenvalue weighted by Gasteiger charge is -2.15. The molecule has 0 spiro atoms. The molecule has 5 nitrogen and oxygen atoms in total. The molecule has 0 unspecified atom stereocenters. The smallest absolute Gasteiger partial charge is 0.251 e. The average Bonchev–Trinajstić information content (AvgIpc) is 3.06. The summed E-state index contributed by atoms with van der Waals surface area (Å²) in [5.41, 5.74) is 1.86. The van der Waals surface area contributed by atoms with Crippen molar-refractivity contribution in [3.05, 3.63) is 23.6 Å². The molecule has 0 bridgehead atoms. The van der Waals surface area contributed by atoms with Crippen LogP contribution in [-0.4, -0.2) is 23.4 Å². The maximum atomic E-state index is 6.01. The highest BCUT2D eigenvalue weighted by atomic mass is 16.5. The van der Waals surface area contributed by atoms with Crippen molar-refractivity contribution in [1.82, 2.24) is 10.2 Å². The number of nitrogens with zero attached hydrogens (tertiary/aromatic N) is 2. The number of aryl methyl sites for hydroxylation is 2. The van der Waals surface area contributed by atoms with Crippen LogP contribution in [0.15, 0.2) is 16.5 Å². The Labute approximate surface area is 157 Å². The molecule has 0 amide bonds. The van der Waals surface area contributed by atoms with Gasteiger partial charge in [-0.15, -0.1) is 10.2 Å². The summed E-state index contributed by atoms with van der Waals surface area (Å²) in [6.07, 6.45) is 8.11. The maximum Gasteiger partial charge on any atom is 0.251 e. The SMILES string of the molecule is CCCCCCOc1cc(-c2nnc(C)o2)c(OCCCCC)cc1C. The molecule has 2 rings (SSSR count). The Kier molecular flexibility index (Phi) is 8.45. The minimum atomic E-state index is 0.476. The van der Waals surface area contributed by atoms with Crippen molar-refractivity contribution >= 4 is 0 Å². The molecule has 1 aromatic carbocycles. The quantitative estimate of drug-likeness (QED) is 0.442. The molecule has 0 aliphatic heterocycles. The van der Waals surface area contributed by atoms with Gasteiger partial charge in [0.05, 0.1) is 18.8 Å². The highest BCUT2D eigenvalue weighted by Crippen LogP contribution is 2.35. The Hall–Kier alpha value is -2.04. The zero-order valence-corrected chi connectivity index (χ0v) is 16.6. The lowest BCUT2D eigenvalue weighted by Crippen LogP contribution is -2.02. The van der Waals surface area contributed by atoms with Crippen LogP contribution < -0.4 is 9.47 Å². The molecule has 1 heterocycles. The molecular formula is C21H32N2O3. The average molecular weight is 360 g/mol. The van der Waals surface area contributed by atoms with Gasteiger partial charge in [0.25, 0.3) is 5.89 Å². The molecule has 144 valence electrons. The molecule has 26 heavy (non-hydrogen) atoms. The predicted octanol–water partition coefficient (Wildman–Crippen LogP) is 5.88. The minimum Gasteiger partial charge on any atom is -0.493 e. The van der Waals surface area contributed by atoms with Crippen LogP contribution in [0.4, 0.5) is 0 Å². The van der Waals surface area contributed by atoms with Crippen molar-refractivity contribution in [2.45, 2.75) is 72.6 Å². The first-order valence-electron chi connectivity index (χ1n) is 9.86. The zero-order valence-electron chi connectivity index (χ0n) is 16.6. The minimum absolute atomic E-state index is 0.476. The van der Waals surface area contributed by atoms with E-state index < -0.39 is 0 Å². The van der Waals surface area contributed by atoms with Gasteiger partial charge in [-0.1, -0.05) is 46.0 Å². The van der Waals surface area contributed by atoms with Crippen LogP contribution in [0.2, 0.25) is 0 Å². The van der Waals surface area contributed by atoms with Crippen LogP contribution in [-0.2, 0) is 0 Å². The van der Waals surface area contributed by atoms with Gasteiger partial charge in [-0.2, -0.15) is 0 Å². The number of benzene rings is 1. The summed E-state index contributed by atoms with van der Waals surface area (Å²) >= 11 is 0. The Morgan fingerprint density at radius 2 is 1.46 bits per heavy atom. The van der Waals surface area contributed by atoms with Gasteiger partial charge in [0.2, 0.25) is 5.89 Å². The second-order valence-electron chi connectivity index (χ2n) is 6.70. The third-order valence-electron chi connectivity index (χ3n) is 4.29. The van der Waals surface area contributed by atoms with Gasteiger partial charge in [-0.25, -0.2) is 0 Å². The van der Waals surface area contributed by atoms with Gasteiger partial charge >= 0.3 is 0 Å². The first-order chi connectivity index (χ1) is 12.7. The van der Waals surface area contributed by atoms with Gasteiger partial charge in [0, 0.05) is 6.92 Å². The molecule has 0 fully saturated rings. The summed E-state index contributed by atoms with van der Waals surface area (Å²) < 4.78 is 17.7. The van der Waals surface area contributed by atoms with E-state index >= 15 is 0 Å². The lowest BCUT2D eigenvalue weighted by atomic mass is 10.1. The van der Waals surface area contributed by atoms with E-state index in [2.05, 4.69) is 24.0 Å². The van der Waals surface area contributed by atoms with E-state index in [0.717, 1.165) is 48.5 Å². The van der Waals surface area contributed by atoms with Crippen molar-refractivity contribution in [3.8, 4) is 23.0 Å². The van der Waals surface area contributed by atoms with Gasteiger partial charge in [-0.3, -0.25) is 0 Å². The monoisotopic (exact) mass is 360 g/mol. The molecule has 0 radical (unpaired) electrons. The zero-order chi connectivity index (χ0) is 18.8. The van der Waals surface area contributed by atoms with E-state index in [1.54, 1.807) is 6.92 Å². The lowest BCUT2D eigenvalue weighted by molar-refractivity contribution is 0.296. The van der Waals surface area contributed by atoms with E-state index in [1.165, 1.54) is 25.7 Å². The number of aromatic nitrogens is 2. The van der Waals surface area contributed by atoms with Crippen molar-refractivity contribution < 1.29 is 13.9 Å². The van der Waals surface area contributed by atoms with E-state index in [9.17, 15) is 0 Å². The number of ether oxygens (including phenoxy) is 2. The van der Waals surface area contributed by atoms with Crippen LogP contribution in [0.25, 0.3) is 11.5 Å². The Morgan fingerprint density at radius 1 is 0.808 bits per heavy atom. The topological polar surface area (TPSA) is 57.4 Å². The Balaban J connectivity index is 2.14. The summed E-state index contributed by atoms with van der Waals surface area (Å²) in [6, 6.07) is 3.99. The van der Waals surface area contributed by atoms with E-state index in [4.69, 9.17) is 13.9 Å². The van der Waals surface area contributed by atoms with Gasteiger partial charge in [-0.05, 0) is 37.5 Å². The number of hydrogen-bond donors (Lipinski definition) is 0. The number of unbranched alkanes of at least 4 members (excludes halogenated alkanes) is 5. The first-order valence-corrected chi connectivity index (χ1v) is 9.86. The van der Waals surface area contributed by atoms with Crippen LogP contribution in [0.5, 0.6) is 11.5 Å². The molecule has 0 atom stereocenters. The van der Waals surface area contributed by atoms with Crippen LogP contribution in [0.1, 0.15) is 70.2 Å². The third kappa shape index (κ3) is 6.04. The van der Waals surface area contributed by atoms with Gasteiger partial charge in [0.15, 0.2) is 0 Å². The Bertz CT molecular complexity index is 667. The normalized spacial score (nSPS) is 10.9. The highest BCUT2D eigenvalue weighted by molar-refractivity contribution is 5.66. The number of rotatable bonds is 12. The Morgan fingerprint density at radius 3 is 2.12 bits per heavy atom. The molecule has 1 aromatic heterocycles. The fourth-order valence-corrected chi connectivity index (χ4v) is 2.75. The van der Waals surface area contributed by atoms with Gasteiger partial charge in [0.1, 0.15) is 11.5 Å². The largest absolute Gasteiger partial charge is 0.493 e. The van der Waals surface area contributed by atoms with Crippen LogP contribution in [0, 0.1) is 13.8 Å². The molecule has 5 heteroatoms. The molecule has 0 N–H and O–H groups in total. The molecule has 0 aliphatic rings. The molecule has 2 aromatic rings. The van der Waals surface area contributed by atoms with Crippen molar-refractivity contribution in [2.24, 2.45) is 0 Å². The standard InChI is InChI=1S/C21H32N2O3/c1-5-7-9-11-13-24-19-15-18(21-23-22-17(4)26-21)20(14-16(19)3)25-12-10-8-6-2/h14-15H,5-13H2,1-4H3.